The van der Waals surface area contributed by atoms with Crippen molar-refractivity contribution in [3.8, 4) is 6.07 Å². The minimum atomic E-state index is -0.849. The van der Waals surface area contributed by atoms with E-state index >= 15 is 0 Å². The summed E-state index contributed by atoms with van der Waals surface area (Å²) in [5.74, 6) is -0.849. The third-order valence-electron chi connectivity index (χ3n) is 3.20. The van der Waals surface area contributed by atoms with Gasteiger partial charge in [-0.15, -0.1) is 0 Å². The Morgan fingerprint density at radius 1 is 1.50 bits per heavy atom. The number of rotatable bonds is 2. The largest absolute Gasteiger partial charge is 0.480 e. The minimum Gasteiger partial charge on any atom is -0.480 e. The van der Waals surface area contributed by atoms with Crippen LogP contribution in [0.25, 0.3) is 0 Å². The molecule has 0 aromatic heterocycles. The molecule has 1 aliphatic heterocycles. The fourth-order valence-electron chi connectivity index (χ4n) is 2.34. The van der Waals surface area contributed by atoms with Gasteiger partial charge in [0.05, 0.1) is 16.3 Å². The number of carbonyl (C=O) groups is 1. The third-order valence-corrected chi connectivity index (χ3v) is 3.52. The summed E-state index contributed by atoms with van der Waals surface area (Å²) in [7, 11) is 0. The van der Waals surface area contributed by atoms with E-state index in [0.717, 1.165) is 12.8 Å². The maximum atomic E-state index is 11.3. The van der Waals surface area contributed by atoms with Gasteiger partial charge in [-0.25, -0.2) is 4.79 Å². The third kappa shape index (κ3) is 2.27. The lowest BCUT2D eigenvalue weighted by Crippen LogP contribution is -2.45. The fourth-order valence-corrected chi connectivity index (χ4v) is 2.55. The van der Waals surface area contributed by atoms with Gasteiger partial charge >= 0.3 is 5.97 Å². The molecule has 2 rings (SSSR count). The van der Waals surface area contributed by atoms with Gasteiger partial charge in [0, 0.05) is 6.54 Å². The van der Waals surface area contributed by atoms with Crippen LogP contribution in [0.15, 0.2) is 18.2 Å². The first-order valence-corrected chi connectivity index (χ1v) is 6.21. The van der Waals surface area contributed by atoms with Crippen molar-refractivity contribution < 1.29 is 9.90 Å². The van der Waals surface area contributed by atoms with E-state index < -0.39 is 12.0 Å². The second-order valence-corrected chi connectivity index (χ2v) is 4.70. The van der Waals surface area contributed by atoms with Crippen molar-refractivity contribution in [1.29, 1.82) is 5.26 Å². The Labute approximate surface area is 110 Å². The summed E-state index contributed by atoms with van der Waals surface area (Å²) in [6.07, 6.45) is 2.43. The summed E-state index contributed by atoms with van der Waals surface area (Å²) in [6, 6.07) is 6.63. The molecule has 4 nitrogen and oxygen atoms in total. The van der Waals surface area contributed by atoms with Crippen LogP contribution in [0.1, 0.15) is 24.8 Å². The number of carboxylic acids is 1. The molecule has 1 N–H and O–H groups in total. The minimum absolute atomic E-state index is 0.354. The van der Waals surface area contributed by atoms with Crippen molar-refractivity contribution in [2.45, 2.75) is 25.3 Å². The molecule has 0 bridgehead atoms. The molecule has 1 unspecified atom stereocenters. The van der Waals surface area contributed by atoms with Crippen LogP contribution < -0.4 is 4.90 Å². The predicted molar refractivity (Wildman–Crippen MR) is 68.8 cm³/mol. The van der Waals surface area contributed by atoms with Crippen LogP contribution in [0.3, 0.4) is 0 Å². The monoisotopic (exact) mass is 264 g/mol. The van der Waals surface area contributed by atoms with E-state index in [-0.39, 0.29) is 0 Å². The smallest absolute Gasteiger partial charge is 0.326 e. The lowest BCUT2D eigenvalue weighted by atomic mass is 10.00. The maximum absolute atomic E-state index is 11.3. The molecule has 1 fully saturated rings. The molecule has 0 aliphatic carbocycles. The van der Waals surface area contributed by atoms with Gasteiger partial charge < -0.3 is 10.0 Å². The first kappa shape index (κ1) is 12.7. The first-order chi connectivity index (χ1) is 8.65. The zero-order valence-corrected chi connectivity index (χ0v) is 10.5. The Balaban J connectivity index is 2.43. The number of hydrogen-bond acceptors (Lipinski definition) is 3. The molecule has 18 heavy (non-hydrogen) atoms. The summed E-state index contributed by atoms with van der Waals surface area (Å²) in [4.78, 5) is 13.0. The van der Waals surface area contributed by atoms with Gasteiger partial charge in [-0.05, 0) is 31.4 Å². The van der Waals surface area contributed by atoms with Crippen molar-refractivity contribution in [2.24, 2.45) is 0 Å². The summed E-state index contributed by atoms with van der Waals surface area (Å²) < 4.78 is 0. The number of halogens is 1. The lowest BCUT2D eigenvalue weighted by Gasteiger charge is -2.35. The Hall–Kier alpha value is -1.73. The fraction of sp³-hybridized carbons (Fsp3) is 0.385. The number of aliphatic carboxylic acids is 1. The topological polar surface area (TPSA) is 64.3 Å². The average Bonchev–Trinajstić information content (AvgIpc) is 2.38. The highest BCUT2D eigenvalue weighted by molar-refractivity contribution is 6.32. The van der Waals surface area contributed by atoms with Crippen LogP contribution in [0.4, 0.5) is 5.69 Å². The molecule has 0 spiro atoms. The van der Waals surface area contributed by atoms with Gasteiger partial charge in [-0.1, -0.05) is 17.7 Å². The van der Waals surface area contributed by atoms with E-state index in [1.165, 1.54) is 0 Å². The molecule has 1 saturated heterocycles. The van der Waals surface area contributed by atoms with Gasteiger partial charge in [0.1, 0.15) is 12.1 Å². The number of benzene rings is 1. The highest BCUT2D eigenvalue weighted by Crippen LogP contribution is 2.31. The number of nitrogens with zero attached hydrogens (tertiary/aromatic N) is 2. The summed E-state index contributed by atoms with van der Waals surface area (Å²) in [5.41, 5.74) is 0.976. The predicted octanol–water partition coefficient (Wildman–Crippen LogP) is 2.66. The van der Waals surface area contributed by atoms with Crippen LogP contribution in [0.5, 0.6) is 0 Å². The SMILES string of the molecule is N#Cc1c(Cl)cccc1N1CCCCC1C(=O)O. The van der Waals surface area contributed by atoms with Gasteiger partial charge in [0.2, 0.25) is 0 Å². The van der Waals surface area contributed by atoms with E-state index in [2.05, 4.69) is 6.07 Å². The number of piperidine rings is 1. The molecule has 1 heterocycles. The van der Waals surface area contributed by atoms with Crippen molar-refractivity contribution in [3.05, 3.63) is 28.8 Å². The van der Waals surface area contributed by atoms with E-state index in [1.54, 1.807) is 23.1 Å². The lowest BCUT2D eigenvalue weighted by molar-refractivity contribution is -0.139. The molecule has 94 valence electrons. The summed E-state index contributed by atoms with van der Waals surface area (Å²) in [5, 5.41) is 18.8. The van der Waals surface area contributed by atoms with E-state index in [9.17, 15) is 9.90 Å². The molecule has 5 heteroatoms. The molecule has 1 aliphatic rings. The van der Waals surface area contributed by atoms with Gasteiger partial charge in [0.25, 0.3) is 0 Å². The van der Waals surface area contributed by atoms with E-state index in [4.69, 9.17) is 16.9 Å². The first-order valence-electron chi connectivity index (χ1n) is 5.83. The van der Waals surface area contributed by atoms with Crippen LogP contribution >= 0.6 is 11.6 Å². The molecular formula is C13H13ClN2O2. The quantitative estimate of drug-likeness (QED) is 0.892. The van der Waals surface area contributed by atoms with Gasteiger partial charge in [-0.2, -0.15) is 5.26 Å². The van der Waals surface area contributed by atoms with Crippen LogP contribution in [-0.4, -0.2) is 23.7 Å². The number of hydrogen-bond donors (Lipinski definition) is 1. The standard InChI is InChI=1S/C13H13ClN2O2/c14-10-4-3-6-11(9(10)8-15)16-7-2-1-5-12(16)13(17)18/h3-4,6,12H,1-2,5,7H2,(H,17,18). The number of nitriles is 1. The number of anilines is 1. The Bertz CT molecular complexity index is 510. The summed E-state index contributed by atoms with van der Waals surface area (Å²) in [6.45, 7) is 0.645. The Morgan fingerprint density at radius 3 is 2.94 bits per heavy atom. The van der Waals surface area contributed by atoms with Crippen molar-refractivity contribution in [3.63, 3.8) is 0 Å². The van der Waals surface area contributed by atoms with E-state index in [0.29, 0.717) is 29.2 Å². The zero-order chi connectivity index (χ0) is 13.1. The molecule has 0 radical (unpaired) electrons. The van der Waals surface area contributed by atoms with Gasteiger partial charge in [0.15, 0.2) is 0 Å². The van der Waals surface area contributed by atoms with Crippen LogP contribution in [-0.2, 0) is 4.79 Å². The van der Waals surface area contributed by atoms with Crippen LogP contribution in [0, 0.1) is 11.3 Å². The highest BCUT2D eigenvalue weighted by atomic mass is 35.5. The van der Waals surface area contributed by atoms with Crippen molar-refractivity contribution >= 4 is 23.3 Å². The molecule has 0 amide bonds. The number of carboxylic acid groups (broad SMARTS) is 1. The Kier molecular flexibility index (Phi) is 3.73. The summed E-state index contributed by atoms with van der Waals surface area (Å²) >= 11 is 5.98. The molecule has 0 saturated carbocycles. The second kappa shape index (κ2) is 5.28. The maximum Gasteiger partial charge on any atom is 0.326 e. The second-order valence-electron chi connectivity index (χ2n) is 4.29. The molecule has 1 atom stereocenters. The molecule has 1 aromatic carbocycles. The average molecular weight is 265 g/mol. The molecular weight excluding hydrogens is 252 g/mol. The van der Waals surface area contributed by atoms with Crippen molar-refractivity contribution in [1.82, 2.24) is 0 Å². The zero-order valence-electron chi connectivity index (χ0n) is 9.77. The van der Waals surface area contributed by atoms with Gasteiger partial charge in [-0.3, -0.25) is 0 Å². The Morgan fingerprint density at radius 2 is 2.28 bits per heavy atom. The van der Waals surface area contributed by atoms with Crippen LogP contribution in [0.2, 0.25) is 5.02 Å². The van der Waals surface area contributed by atoms with Crippen molar-refractivity contribution in [2.75, 3.05) is 11.4 Å². The molecule has 1 aromatic rings. The normalized spacial score (nSPS) is 19.3. The highest BCUT2D eigenvalue weighted by Gasteiger charge is 2.30. The van der Waals surface area contributed by atoms with E-state index in [1.807, 2.05) is 0 Å².